The molecule has 1 aliphatic rings. The van der Waals surface area contributed by atoms with Crippen molar-refractivity contribution < 1.29 is 9.50 Å². The number of nitrogens with one attached hydrogen (secondary N) is 1. The number of hydrogen-bond donors (Lipinski definition) is 2. The average Bonchev–Trinajstić information content (AvgIpc) is 2.70. The summed E-state index contributed by atoms with van der Waals surface area (Å²) in [7, 11) is 0. The molecule has 2 N–H and O–H groups in total. The number of benzene rings is 3. The van der Waals surface area contributed by atoms with Crippen LogP contribution in [-0.4, -0.2) is 10.8 Å². The largest absolute Gasteiger partial charge is 0.508 e. The van der Waals surface area contributed by atoms with E-state index < -0.39 is 0 Å². The third-order valence-electron chi connectivity index (χ3n) is 5.00. The Bertz CT molecular complexity index is 1030. The number of phenols is 1. The Hall–Kier alpha value is -2.50. The number of para-hydroxylation sites is 1. The van der Waals surface area contributed by atoms with Crippen molar-refractivity contribution in [3.63, 3.8) is 0 Å². The summed E-state index contributed by atoms with van der Waals surface area (Å²) in [5.41, 5.74) is 4.89. The Balaban J connectivity index is 1.77. The maximum Gasteiger partial charge on any atom is 0.137 e. The van der Waals surface area contributed by atoms with Crippen LogP contribution < -0.4 is 5.32 Å². The first-order valence-corrected chi connectivity index (χ1v) is 9.93. The molecule has 3 aromatic rings. The van der Waals surface area contributed by atoms with Gasteiger partial charge in [-0.1, -0.05) is 54.1 Å². The molecule has 0 radical (unpaired) electrons. The van der Waals surface area contributed by atoms with Crippen molar-refractivity contribution in [3.05, 3.63) is 99.3 Å². The van der Waals surface area contributed by atoms with Gasteiger partial charge in [0.05, 0.1) is 4.47 Å². The fourth-order valence-electron chi connectivity index (χ4n) is 3.46. The zero-order valence-corrected chi connectivity index (χ0v) is 16.9. The minimum Gasteiger partial charge on any atom is -0.508 e. The van der Waals surface area contributed by atoms with Crippen LogP contribution in [0, 0.1) is 12.7 Å². The van der Waals surface area contributed by atoms with Crippen LogP contribution in [0.1, 0.15) is 40.9 Å². The van der Waals surface area contributed by atoms with Gasteiger partial charge in [0.1, 0.15) is 17.7 Å². The molecule has 0 fully saturated rings. The molecule has 0 spiro atoms. The van der Waals surface area contributed by atoms with Gasteiger partial charge in [-0.2, -0.15) is 0 Å². The van der Waals surface area contributed by atoms with Gasteiger partial charge in [0.25, 0.3) is 0 Å². The summed E-state index contributed by atoms with van der Waals surface area (Å²) in [5.74, 6) is -0.0521. The second-order valence-corrected chi connectivity index (χ2v) is 7.85. The van der Waals surface area contributed by atoms with Gasteiger partial charge < -0.3 is 5.11 Å². The van der Waals surface area contributed by atoms with Crippen LogP contribution in [0.3, 0.4) is 0 Å². The molecule has 1 aliphatic heterocycles. The average molecular weight is 439 g/mol. The molecule has 0 bridgehead atoms. The molecule has 3 nitrogen and oxygen atoms in total. The molecule has 0 saturated heterocycles. The van der Waals surface area contributed by atoms with Crippen LogP contribution >= 0.6 is 15.9 Å². The minimum atomic E-state index is -0.341. The first-order chi connectivity index (χ1) is 13.5. The van der Waals surface area contributed by atoms with Gasteiger partial charge in [0.2, 0.25) is 0 Å². The Labute approximate surface area is 172 Å². The number of aliphatic imine (C=N–C) groups is 1. The first kappa shape index (κ1) is 18.8. The quantitative estimate of drug-likeness (QED) is 0.540. The molecule has 3 aromatic carbocycles. The highest BCUT2D eigenvalue weighted by Crippen LogP contribution is 2.35. The number of phenolic OH excluding ortho intramolecular Hbond substituents is 1. The smallest absolute Gasteiger partial charge is 0.137 e. The number of rotatable bonds is 3. The van der Waals surface area contributed by atoms with E-state index in [1.54, 1.807) is 18.2 Å². The molecule has 2 atom stereocenters. The highest BCUT2D eigenvalue weighted by molar-refractivity contribution is 9.10. The van der Waals surface area contributed by atoms with Crippen molar-refractivity contribution in [3.8, 4) is 5.75 Å². The van der Waals surface area contributed by atoms with Crippen LogP contribution in [0.2, 0.25) is 0 Å². The van der Waals surface area contributed by atoms with E-state index in [4.69, 9.17) is 4.99 Å². The third kappa shape index (κ3) is 3.86. The van der Waals surface area contributed by atoms with Gasteiger partial charge in [0, 0.05) is 23.7 Å². The van der Waals surface area contributed by atoms with E-state index in [1.807, 2.05) is 18.2 Å². The second kappa shape index (κ2) is 7.86. The van der Waals surface area contributed by atoms with Crippen molar-refractivity contribution in [1.82, 2.24) is 5.32 Å². The molecule has 0 aliphatic carbocycles. The lowest BCUT2D eigenvalue weighted by molar-refractivity contribution is 0.412. The number of aryl methyl sites for hydroxylation is 1. The van der Waals surface area contributed by atoms with Crippen LogP contribution in [-0.2, 0) is 0 Å². The summed E-state index contributed by atoms with van der Waals surface area (Å²) >= 11 is 3.26. The minimum absolute atomic E-state index is 0.108. The van der Waals surface area contributed by atoms with E-state index in [0.717, 1.165) is 22.4 Å². The fourth-order valence-corrected chi connectivity index (χ4v) is 3.86. The Morgan fingerprint density at radius 2 is 1.82 bits per heavy atom. The van der Waals surface area contributed by atoms with E-state index in [1.165, 1.54) is 11.6 Å². The lowest BCUT2D eigenvalue weighted by Gasteiger charge is -2.31. The van der Waals surface area contributed by atoms with Gasteiger partial charge in [0.15, 0.2) is 0 Å². The molecule has 0 aromatic heterocycles. The monoisotopic (exact) mass is 438 g/mol. The predicted octanol–water partition coefficient (Wildman–Crippen LogP) is 5.82. The molecule has 0 unspecified atom stereocenters. The summed E-state index contributed by atoms with van der Waals surface area (Å²) in [5, 5.41) is 13.9. The zero-order chi connectivity index (χ0) is 19.7. The lowest BCUT2D eigenvalue weighted by Crippen LogP contribution is -2.33. The van der Waals surface area contributed by atoms with E-state index in [0.29, 0.717) is 10.9 Å². The van der Waals surface area contributed by atoms with Gasteiger partial charge in [-0.25, -0.2) is 4.39 Å². The summed E-state index contributed by atoms with van der Waals surface area (Å²) in [6.45, 7) is 2.05. The summed E-state index contributed by atoms with van der Waals surface area (Å²) in [4.78, 5) is 4.91. The van der Waals surface area contributed by atoms with Gasteiger partial charge in [-0.15, -0.1) is 0 Å². The number of halogens is 2. The Kier molecular flexibility index (Phi) is 5.29. The molecule has 4 rings (SSSR count). The number of nitrogens with zero attached hydrogens (tertiary/aromatic N) is 1. The molecule has 1 heterocycles. The first-order valence-electron chi connectivity index (χ1n) is 9.14. The third-order valence-corrected chi connectivity index (χ3v) is 5.61. The van der Waals surface area contributed by atoms with Crippen molar-refractivity contribution in [1.29, 1.82) is 0 Å². The lowest BCUT2D eigenvalue weighted by atomic mass is 9.93. The molecule has 142 valence electrons. The van der Waals surface area contributed by atoms with Gasteiger partial charge in [-0.3, -0.25) is 10.3 Å². The molecular weight excluding hydrogens is 419 g/mol. The molecule has 0 saturated carbocycles. The highest BCUT2D eigenvalue weighted by Gasteiger charge is 2.27. The van der Waals surface area contributed by atoms with Crippen LogP contribution in [0.4, 0.5) is 4.39 Å². The van der Waals surface area contributed by atoms with Crippen LogP contribution in [0.25, 0.3) is 0 Å². The van der Waals surface area contributed by atoms with Gasteiger partial charge >= 0.3 is 0 Å². The van der Waals surface area contributed by atoms with Crippen LogP contribution in [0.5, 0.6) is 5.75 Å². The SMILES string of the molecule is Cc1ccc(C2=N[C@H](c3ccc(F)c(Br)c3)N[C@@H](c3ccccc3O)C2)cc1. The normalized spacial score (nSPS) is 19.3. The van der Waals surface area contributed by atoms with Crippen molar-refractivity contribution in [2.75, 3.05) is 0 Å². The van der Waals surface area contributed by atoms with E-state index >= 15 is 0 Å². The summed E-state index contributed by atoms with van der Waals surface area (Å²) in [6, 6.07) is 20.4. The topological polar surface area (TPSA) is 44.6 Å². The molecule has 0 amide bonds. The number of aromatic hydroxyl groups is 1. The standard InChI is InChI=1S/C23H20BrFN2O/c1-14-6-8-15(9-7-14)20-13-21(17-4-2-3-5-22(17)28)27-23(26-20)16-10-11-19(25)18(24)12-16/h2-12,21,23,27-28H,13H2,1H3/t21-,23+/m1/s1. The highest BCUT2D eigenvalue weighted by atomic mass is 79.9. The zero-order valence-electron chi connectivity index (χ0n) is 15.4. The van der Waals surface area contributed by atoms with E-state index in [2.05, 4.69) is 52.4 Å². The number of hydrogen-bond acceptors (Lipinski definition) is 3. The Morgan fingerprint density at radius 3 is 2.54 bits per heavy atom. The predicted molar refractivity (Wildman–Crippen MR) is 113 cm³/mol. The van der Waals surface area contributed by atoms with E-state index in [-0.39, 0.29) is 23.8 Å². The maximum absolute atomic E-state index is 13.7. The molecular formula is C23H20BrFN2O. The second-order valence-electron chi connectivity index (χ2n) is 7.00. The van der Waals surface area contributed by atoms with Crippen molar-refractivity contribution in [2.45, 2.75) is 25.6 Å². The molecule has 28 heavy (non-hydrogen) atoms. The maximum atomic E-state index is 13.7. The Morgan fingerprint density at radius 1 is 1.07 bits per heavy atom. The van der Waals surface area contributed by atoms with Gasteiger partial charge in [-0.05, 0) is 52.2 Å². The van der Waals surface area contributed by atoms with Crippen LogP contribution in [0.15, 0.2) is 76.2 Å². The van der Waals surface area contributed by atoms with E-state index in [9.17, 15) is 9.50 Å². The fraction of sp³-hybridized carbons (Fsp3) is 0.174. The molecule has 5 heteroatoms. The van der Waals surface area contributed by atoms with Crippen molar-refractivity contribution in [2.24, 2.45) is 4.99 Å². The van der Waals surface area contributed by atoms with Crippen molar-refractivity contribution >= 4 is 21.6 Å². The summed E-state index contributed by atoms with van der Waals surface area (Å²) < 4.78 is 14.1. The summed E-state index contributed by atoms with van der Waals surface area (Å²) in [6.07, 6.45) is 0.311.